The smallest absolute Gasteiger partial charge is 0.337 e. The number of likely N-dealkylation sites (tertiary alicyclic amines) is 1. The van der Waals surface area contributed by atoms with E-state index in [4.69, 9.17) is 27.2 Å². The normalized spacial score (nSPS) is 19.7. The van der Waals surface area contributed by atoms with Gasteiger partial charge in [0.15, 0.2) is 5.82 Å². The molecule has 12 heteroatoms. The van der Waals surface area contributed by atoms with E-state index in [2.05, 4.69) is 6.92 Å². The molecule has 43 heavy (non-hydrogen) atoms. The summed E-state index contributed by atoms with van der Waals surface area (Å²) in [4.78, 5) is 60.6. The molecule has 3 N–H and O–H groups in total. The number of aromatic nitrogens is 2. The van der Waals surface area contributed by atoms with Crippen LogP contribution in [0.15, 0.2) is 53.3 Å². The molecule has 2 aliphatic rings. The Morgan fingerprint density at radius 3 is 2.40 bits per heavy atom. The molecule has 1 unspecified atom stereocenters. The molecule has 1 saturated heterocycles. The highest BCUT2D eigenvalue weighted by Gasteiger charge is 2.43. The van der Waals surface area contributed by atoms with Crippen LogP contribution >= 0.6 is 11.6 Å². The van der Waals surface area contributed by atoms with Crippen molar-refractivity contribution >= 4 is 29.4 Å². The number of ether oxygens (including phenoxy) is 1. The fourth-order valence-corrected chi connectivity index (χ4v) is 5.97. The molecular formula is C31H34ClN5O6. The standard InChI is InChI=1S/C31H34ClN5O6/c1-3-4-5-21-15-35(17-24-26(21)34-27(37(33)29(24)40)18-10-12-22(32)13-11-18)30(41)25-14-23(38)16-36(25)28(39)19-6-8-20(9-7-19)31(42)43-2/h6-13,21,23,25,38H,3-5,14-17,33H2,1-2H3/t21?,23-,25+/m1/s1. The van der Waals surface area contributed by atoms with Crippen LogP contribution in [0.25, 0.3) is 11.4 Å². The highest BCUT2D eigenvalue weighted by molar-refractivity contribution is 6.30. The lowest BCUT2D eigenvalue weighted by atomic mass is 9.90. The number of aliphatic hydroxyl groups is 1. The highest BCUT2D eigenvalue weighted by atomic mass is 35.5. The number of hydrogen-bond acceptors (Lipinski definition) is 8. The van der Waals surface area contributed by atoms with Gasteiger partial charge in [-0.25, -0.2) is 14.5 Å². The second-order valence-corrected chi connectivity index (χ2v) is 11.4. The summed E-state index contributed by atoms with van der Waals surface area (Å²) in [6, 6.07) is 11.9. The number of benzene rings is 2. The van der Waals surface area contributed by atoms with E-state index in [0.29, 0.717) is 40.6 Å². The zero-order chi connectivity index (χ0) is 30.8. The van der Waals surface area contributed by atoms with Crippen LogP contribution in [0.3, 0.4) is 0 Å². The zero-order valence-electron chi connectivity index (χ0n) is 24.0. The molecule has 0 spiro atoms. The number of esters is 1. The van der Waals surface area contributed by atoms with Gasteiger partial charge in [-0.05, 0) is 55.0 Å². The summed E-state index contributed by atoms with van der Waals surface area (Å²) in [6.45, 7) is 2.36. The van der Waals surface area contributed by atoms with Gasteiger partial charge in [-0.15, -0.1) is 0 Å². The Kier molecular flexibility index (Phi) is 8.84. The number of rotatable bonds is 7. The molecule has 1 aromatic heterocycles. The fraction of sp³-hybridized carbons (Fsp3) is 0.387. The summed E-state index contributed by atoms with van der Waals surface area (Å²) in [5.41, 5.74) is 1.73. The van der Waals surface area contributed by atoms with E-state index >= 15 is 0 Å². The van der Waals surface area contributed by atoms with Crippen LogP contribution in [0.1, 0.15) is 70.5 Å². The van der Waals surface area contributed by atoms with Crippen LogP contribution in [0.5, 0.6) is 0 Å². The number of halogens is 1. The number of methoxy groups -OCH3 is 1. The van der Waals surface area contributed by atoms with E-state index in [1.165, 1.54) is 36.3 Å². The molecule has 2 amide bonds. The van der Waals surface area contributed by atoms with Crippen molar-refractivity contribution < 1.29 is 24.2 Å². The van der Waals surface area contributed by atoms with Gasteiger partial charge in [0.1, 0.15) is 6.04 Å². The Labute approximate surface area is 253 Å². The van der Waals surface area contributed by atoms with Crippen LogP contribution in [0.4, 0.5) is 0 Å². The largest absolute Gasteiger partial charge is 0.465 e. The molecular weight excluding hydrogens is 574 g/mol. The van der Waals surface area contributed by atoms with Crippen LogP contribution in [0.2, 0.25) is 5.02 Å². The van der Waals surface area contributed by atoms with E-state index < -0.39 is 29.6 Å². The van der Waals surface area contributed by atoms with Crippen LogP contribution < -0.4 is 11.4 Å². The van der Waals surface area contributed by atoms with Crippen LogP contribution in [-0.2, 0) is 16.1 Å². The minimum atomic E-state index is -0.919. The predicted octanol–water partition coefficient (Wildman–Crippen LogP) is 2.96. The van der Waals surface area contributed by atoms with E-state index in [1.807, 2.05) is 0 Å². The topological polar surface area (TPSA) is 148 Å². The average Bonchev–Trinajstić information content (AvgIpc) is 3.42. The van der Waals surface area contributed by atoms with E-state index in [0.717, 1.165) is 17.5 Å². The van der Waals surface area contributed by atoms with Crippen molar-refractivity contribution in [2.75, 3.05) is 26.0 Å². The molecule has 0 bridgehead atoms. The molecule has 1 fully saturated rings. The monoisotopic (exact) mass is 607 g/mol. The second-order valence-electron chi connectivity index (χ2n) is 11.0. The summed E-state index contributed by atoms with van der Waals surface area (Å²) >= 11 is 6.05. The molecule has 0 saturated carbocycles. The Morgan fingerprint density at radius 2 is 1.74 bits per heavy atom. The number of carbonyl (C=O) groups is 3. The number of carbonyl (C=O) groups excluding carboxylic acids is 3. The number of nitrogens with zero attached hydrogens (tertiary/aromatic N) is 4. The summed E-state index contributed by atoms with van der Waals surface area (Å²) in [5, 5.41) is 11.1. The number of unbranched alkanes of at least 4 members (excludes halogenated alkanes) is 1. The summed E-state index contributed by atoms with van der Waals surface area (Å²) in [7, 11) is 1.27. The molecule has 3 atom stereocenters. The Bertz CT molecular complexity index is 1590. The molecule has 11 nitrogen and oxygen atoms in total. The number of hydrogen-bond donors (Lipinski definition) is 2. The maximum Gasteiger partial charge on any atom is 0.337 e. The molecule has 5 rings (SSSR count). The summed E-state index contributed by atoms with van der Waals surface area (Å²) < 4.78 is 5.71. The van der Waals surface area contributed by atoms with Crippen molar-refractivity contribution in [2.24, 2.45) is 0 Å². The molecule has 2 aromatic carbocycles. The first-order valence-electron chi connectivity index (χ1n) is 14.3. The van der Waals surface area contributed by atoms with Gasteiger partial charge in [0.25, 0.3) is 11.5 Å². The van der Waals surface area contributed by atoms with Gasteiger partial charge in [-0.2, -0.15) is 0 Å². The summed E-state index contributed by atoms with van der Waals surface area (Å²) in [6.07, 6.45) is 1.68. The van der Waals surface area contributed by atoms with Gasteiger partial charge in [0, 0.05) is 41.6 Å². The van der Waals surface area contributed by atoms with Gasteiger partial charge in [-0.3, -0.25) is 14.4 Å². The lowest BCUT2D eigenvalue weighted by Crippen LogP contribution is -2.51. The van der Waals surface area contributed by atoms with Crippen molar-refractivity contribution in [1.82, 2.24) is 19.5 Å². The first-order valence-corrected chi connectivity index (χ1v) is 14.6. The van der Waals surface area contributed by atoms with Crippen molar-refractivity contribution in [3.8, 4) is 11.4 Å². The number of aliphatic hydroxyl groups excluding tert-OH is 1. The SMILES string of the molecule is CCCCC1CN(C(=O)[C@@H]2C[C@@H](O)CN2C(=O)c2ccc(C(=O)OC)cc2)Cc2c1nc(-c1ccc(Cl)cc1)n(N)c2=O. The Morgan fingerprint density at radius 1 is 1.07 bits per heavy atom. The van der Waals surface area contributed by atoms with Crippen molar-refractivity contribution in [2.45, 2.75) is 57.2 Å². The quantitative estimate of drug-likeness (QED) is 0.308. The highest BCUT2D eigenvalue weighted by Crippen LogP contribution is 2.33. The third kappa shape index (κ3) is 6.00. The zero-order valence-corrected chi connectivity index (χ0v) is 24.8. The lowest BCUT2D eigenvalue weighted by molar-refractivity contribution is -0.136. The van der Waals surface area contributed by atoms with Crippen LogP contribution in [0, 0.1) is 0 Å². The third-order valence-electron chi connectivity index (χ3n) is 8.12. The number of nitrogen functional groups attached to an aromatic ring is 1. The first kappa shape index (κ1) is 30.2. The van der Waals surface area contributed by atoms with Gasteiger partial charge in [0.2, 0.25) is 5.91 Å². The van der Waals surface area contributed by atoms with Gasteiger partial charge >= 0.3 is 5.97 Å². The second kappa shape index (κ2) is 12.6. The maximum atomic E-state index is 14.0. The fourth-order valence-electron chi connectivity index (χ4n) is 5.85. The van der Waals surface area contributed by atoms with E-state index in [1.54, 1.807) is 29.2 Å². The summed E-state index contributed by atoms with van der Waals surface area (Å²) in [5.74, 6) is 5.02. The van der Waals surface area contributed by atoms with E-state index in [9.17, 15) is 24.3 Å². The molecule has 3 heterocycles. The Hall–Kier alpha value is -4.22. The van der Waals surface area contributed by atoms with Gasteiger partial charge in [0.05, 0.1) is 36.6 Å². The first-order chi connectivity index (χ1) is 20.6. The van der Waals surface area contributed by atoms with Gasteiger partial charge < -0.3 is 25.5 Å². The minimum Gasteiger partial charge on any atom is -0.465 e. The number of nitrogens with two attached hydrogens (primary N) is 1. The number of amides is 2. The predicted molar refractivity (Wildman–Crippen MR) is 160 cm³/mol. The number of β-amino-alcohol motifs (C(OH)–C–C–N with tert-alkyl or cyclic N) is 1. The van der Waals surface area contributed by atoms with Gasteiger partial charge in [-0.1, -0.05) is 31.4 Å². The van der Waals surface area contributed by atoms with Crippen molar-refractivity contribution in [1.29, 1.82) is 0 Å². The van der Waals surface area contributed by atoms with E-state index in [-0.39, 0.29) is 42.5 Å². The molecule has 0 aliphatic carbocycles. The minimum absolute atomic E-state index is 0.0107. The molecule has 3 aromatic rings. The molecule has 2 aliphatic heterocycles. The molecule has 226 valence electrons. The lowest BCUT2D eigenvalue weighted by Gasteiger charge is -2.37. The molecule has 0 radical (unpaired) electrons. The van der Waals surface area contributed by atoms with Crippen molar-refractivity contribution in [3.05, 3.63) is 86.3 Å². The van der Waals surface area contributed by atoms with Crippen LogP contribution in [-0.4, -0.2) is 74.7 Å². The van der Waals surface area contributed by atoms with Crippen molar-refractivity contribution in [3.63, 3.8) is 0 Å². The Balaban J connectivity index is 1.44. The number of fused-ring (bicyclic) bond motifs is 1. The third-order valence-corrected chi connectivity index (χ3v) is 8.37. The average molecular weight is 608 g/mol. The maximum absolute atomic E-state index is 14.0.